The van der Waals surface area contributed by atoms with Crippen LogP contribution in [0.1, 0.15) is 17.4 Å². The Bertz CT molecular complexity index is 762. The lowest BCUT2D eigenvalue weighted by Crippen LogP contribution is -2.24. The molecule has 0 aliphatic heterocycles. The van der Waals surface area contributed by atoms with Crippen LogP contribution in [0.2, 0.25) is 0 Å². The molecule has 3 aromatic heterocycles. The van der Waals surface area contributed by atoms with Crippen molar-refractivity contribution in [2.24, 2.45) is 0 Å². The van der Waals surface area contributed by atoms with Gasteiger partial charge in [-0.3, -0.25) is 4.79 Å². The van der Waals surface area contributed by atoms with Gasteiger partial charge < -0.3 is 15.5 Å². The molecule has 3 heterocycles. The van der Waals surface area contributed by atoms with E-state index in [0.29, 0.717) is 23.8 Å². The van der Waals surface area contributed by atoms with Crippen LogP contribution >= 0.6 is 0 Å². The molecule has 102 valence electrons. The molecule has 3 N–H and O–H groups in total. The number of aromatic nitrogens is 4. The van der Waals surface area contributed by atoms with Gasteiger partial charge in [0.1, 0.15) is 5.69 Å². The molecule has 0 atom stereocenters. The van der Waals surface area contributed by atoms with Gasteiger partial charge in [0.2, 0.25) is 11.8 Å². The Hall–Kier alpha value is -2.90. The Labute approximate surface area is 113 Å². The lowest BCUT2D eigenvalue weighted by Gasteiger charge is -2.02. The van der Waals surface area contributed by atoms with Crippen molar-refractivity contribution in [3.63, 3.8) is 0 Å². The van der Waals surface area contributed by atoms with Gasteiger partial charge in [0, 0.05) is 12.6 Å². The van der Waals surface area contributed by atoms with Crippen LogP contribution in [-0.2, 0) is 0 Å². The largest absolute Gasteiger partial charge is 0.461 e. The molecule has 3 rings (SSSR count). The molecule has 8 heteroatoms. The number of carbonyl (C=O) groups is 1. The third-order valence-corrected chi connectivity index (χ3v) is 2.66. The van der Waals surface area contributed by atoms with Crippen molar-refractivity contribution in [1.82, 2.24) is 24.9 Å². The van der Waals surface area contributed by atoms with Crippen LogP contribution in [0.5, 0.6) is 0 Å². The minimum Gasteiger partial charge on any atom is -0.461 e. The maximum atomic E-state index is 11.8. The molecule has 0 spiro atoms. The smallest absolute Gasteiger partial charge is 0.270 e. The summed E-state index contributed by atoms with van der Waals surface area (Å²) in [6, 6.07) is 5.01. The fourth-order valence-corrected chi connectivity index (χ4v) is 1.79. The number of hydrogen-bond donors (Lipinski definition) is 2. The predicted octanol–water partition coefficient (Wildman–Crippen LogP) is 0.716. The molecule has 8 nitrogen and oxygen atoms in total. The van der Waals surface area contributed by atoms with E-state index in [4.69, 9.17) is 10.2 Å². The SMILES string of the molecule is CCNC(=O)c1cc2nc(-c3ccco3)nn2c(N)n1. The molecule has 0 radical (unpaired) electrons. The Morgan fingerprint density at radius 1 is 1.50 bits per heavy atom. The van der Waals surface area contributed by atoms with Crippen LogP contribution < -0.4 is 11.1 Å². The summed E-state index contributed by atoms with van der Waals surface area (Å²) in [6.07, 6.45) is 1.53. The van der Waals surface area contributed by atoms with E-state index >= 15 is 0 Å². The van der Waals surface area contributed by atoms with Crippen molar-refractivity contribution in [2.75, 3.05) is 12.3 Å². The highest BCUT2D eigenvalue weighted by Crippen LogP contribution is 2.18. The number of hydrogen-bond acceptors (Lipinski definition) is 6. The molecule has 0 saturated carbocycles. The molecule has 0 aromatic carbocycles. The van der Waals surface area contributed by atoms with Gasteiger partial charge in [-0.2, -0.15) is 4.52 Å². The molecule has 0 fully saturated rings. The number of fused-ring (bicyclic) bond motifs is 1. The summed E-state index contributed by atoms with van der Waals surface area (Å²) in [5.74, 6) is 0.697. The van der Waals surface area contributed by atoms with E-state index in [1.165, 1.54) is 16.8 Å². The molecular formula is C12H12N6O2. The van der Waals surface area contributed by atoms with Crippen molar-refractivity contribution in [3.05, 3.63) is 30.2 Å². The van der Waals surface area contributed by atoms with Crippen molar-refractivity contribution < 1.29 is 9.21 Å². The van der Waals surface area contributed by atoms with Gasteiger partial charge in [0.15, 0.2) is 11.4 Å². The van der Waals surface area contributed by atoms with E-state index < -0.39 is 0 Å². The monoisotopic (exact) mass is 272 g/mol. The Kier molecular flexibility index (Phi) is 2.82. The maximum absolute atomic E-state index is 11.8. The van der Waals surface area contributed by atoms with Gasteiger partial charge in [0.25, 0.3) is 5.91 Å². The van der Waals surface area contributed by atoms with Crippen LogP contribution in [-0.4, -0.2) is 32.0 Å². The number of nitrogen functional groups attached to an aromatic ring is 1. The minimum atomic E-state index is -0.302. The zero-order chi connectivity index (χ0) is 14.1. The van der Waals surface area contributed by atoms with E-state index in [1.807, 2.05) is 6.92 Å². The summed E-state index contributed by atoms with van der Waals surface area (Å²) in [6.45, 7) is 2.34. The molecule has 3 aromatic rings. The van der Waals surface area contributed by atoms with Crippen molar-refractivity contribution in [3.8, 4) is 11.6 Å². The second-order valence-corrected chi connectivity index (χ2v) is 4.04. The number of nitrogens with two attached hydrogens (primary N) is 1. The highest BCUT2D eigenvalue weighted by atomic mass is 16.3. The number of anilines is 1. The second-order valence-electron chi connectivity index (χ2n) is 4.04. The van der Waals surface area contributed by atoms with E-state index in [1.54, 1.807) is 12.1 Å². The number of amides is 1. The maximum Gasteiger partial charge on any atom is 0.270 e. The minimum absolute atomic E-state index is 0.0917. The zero-order valence-corrected chi connectivity index (χ0v) is 10.7. The first kappa shape index (κ1) is 12.2. The summed E-state index contributed by atoms with van der Waals surface area (Å²) in [5, 5.41) is 6.85. The topological polar surface area (TPSA) is 111 Å². The van der Waals surface area contributed by atoms with Gasteiger partial charge in [0.05, 0.1) is 6.26 Å². The normalized spacial score (nSPS) is 10.8. The number of nitrogens with one attached hydrogen (secondary N) is 1. The van der Waals surface area contributed by atoms with Crippen molar-refractivity contribution in [2.45, 2.75) is 6.92 Å². The summed E-state index contributed by atoms with van der Waals surface area (Å²) in [5.41, 5.74) is 6.44. The summed E-state index contributed by atoms with van der Waals surface area (Å²) >= 11 is 0. The average molecular weight is 272 g/mol. The fraction of sp³-hybridized carbons (Fsp3) is 0.167. The third-order valence-electron chi connectivity index (χ3n) is 2.66. The van der Waals surface area contributed by atoms with Crippen LogP contribution in [0.4, 0.5) is 5.95 Å². The molecule has 0 saturated heterocycles. The van der Waals surface area contributed by atoms with Gasteiger partial charge in [-0.1, -0.05) is 0 Å². The highest BCUT2D eigenvalue weighted by Gasteiger charge is 2.15. The number of furan rings is 1. The van der Waals surface area contributed by atoms with E-state index in [2.05, 4.69) is 20.4 Å². The number of nitrogens with zero attached hydrogens (tertiary/aromatic N) is 4. The third kappa shape index (κ3) is 1.96. The van der Waals surface area contributed by atoms with E-state index in [-0.39, 0.29) is 17.5 Å². The highest BCUT2D eigenvalue weighted by molar-refractivity contribution is 5.93. The van der Waals surface area contributed by atoms with Gasteiger partial charge in [-0.15, -0.1) is 5.10 Å². The van der Waals surface area contributed by atoms with Crippen molar-refractivity contribution in [1.29, 1.82) is 0 Å². The molecule has 0 aliphatic rings. The Morgan fingerprint density at radius 2 is 2.35 bits per heavy atom. The lowest BCUT2D eigenvalue weighted by molar-refractivity contribution is 0.0951. The van der Waals surface area contributed by atoms with Gasteiger partial charge in [-0.25, -0.2) is 9.97 Å². The fourth-order valence-electron chi connectivity index (χ4n) is 1.79. The predicted molar refractivity (Wildman–Crippen MR) is 70.9 cm³/mol. The summed E-state index contributed by atoms with van der Waals surface area (Å²) in [7, 11) is 0. The van der Waals surface area contributed by atoms with Crippen LogP contribution in [0.15, 0.2) is 28.9 Å². The van der Waals surface area contributed by atoms with Crippen LogP contribution in [0.25, 0.3) is 17.2 Å². The van der Waals surface area contributed by atoms with Gasteiger partial charge >= 0.3 is 0 Å². The zero-order valence-electron chi connectivity index (χ0n) is 10.7. The second kappa shape index (κ2) is 4.65. The molecule has 20 heavy (non-hydrogen) atoms. The molecular weight excluding hydrogens is 260 g/mol. The first-order valence-corrected chi connectivity index (χ1v) is 6.04. The van der Waals surface area contributed by atoms with Crippen molar-refractivity contribution >= 4 is 17.5 Å². The Balaban J connectivity index is 2.10. The first-order valence-electron chi connectivity index (χ1n) is 6.04. The molecule has 0 aliphatic carbocycles. The van der Waals surface area contributed by atoms with Crippen LogP contribution in [0.3, 0.4) is 0 Å². The van der Waals surface area contributed by atoms with Gasteiger partial charge in [-0.05, 0) is 19.1 Å². The van der Waals surface area contributed by atoms with E-state index in [9.17, 15) is 4.79 Å². The molecule has 0 bridgehead atoms. The summed E-state index contributed by atoms with van der Waals surface area (Å²) in [4.78, 5) is 20.1. The number of carbonyl (C=O) groups excluding carboxylic acids is 1. The Morgan fingerprint density at radius 3 is 3.05 bits per heavy atom. The lowest BCUT2D eigenvalue weighted by atomic mass is 10.3. The first-order chi connectivity index (χ1) is 9.69. The molecule has 1 amide bonds. The molecule has 0 unspecified atom stereocenters. The average Bonchev–Trinajstić information content (AvgIpc) is 3.07. The quantitative estimate of drug-likeness (QED) is 0.726. The van der Waals surface area contributed by atoms with Crippen LogP contribution in [0, 0.1) is 0 Å². The van der Waals surface area contributed by atoms with E-state index in [0.717, 1.165) is 0 Å². The summed E-state index contributed by atoms with van der Waals surface area (Å²) < 4.78 is 6.59. The standard InChI is InChI=1S/C12H12N6O2/c1-2-14-11(19)7-6-9-16-10(8-4-3-5-20-8)17-18(9)12(13)15-7/h3-6H,2H2,1H3,(H2,13,15)(H,14,19). The number of rotatable bonds is 3.